The van der Waals surface area contributed by atoms with Gasteiger partial charge in [0.15, 0.2) is 0 Å². The molecule has 204 valence electrons. The van der Waals surface area contributed by atoms with Crippen LogP contribution in [0.4, 0.5) is 5.69 Å². The van der Waals surface area contributed by atoms with Crippen LogP contribution in [0.2, 0.25) is 5.02 Å². The second kappa shape index (κ2) is 13.9. The largest absolute Gasteiger partial charge is 0.496 e. The number of anilines is 1. The van der Waals surface area contributed by atoms with Gasteiger partial charge in [-0.25, -0.2) is 14.8 Å². The van der Waals surface area contributed by atoms with Gasteiger partial charge in [0.25, 0.3) is 0 Å². The van der Waals surface area contributed by atoms with Crippen molar-refractivity contribution in [1.29, 1.82) is 0 Å². The van der Waals surface area contributed by atoms with Crippen molar-refractivity contribution < 1.29 is 14.1 Å². The maximum atomic E-state index is 13.3. The maximum Gasteiger partial charge on any atom is 0.125 e. The zero-order valence-corrected chi connectivity index (χ0v) is 24.1. The van der Waals surface area contributed by atoms with Crippen molar-refractivity contribution in [1.82, 2.24) is 4.72 Å². The Morgan fingerprint density at radius 2 is 1.84 bits per heavy atom. The molecular formula is C29H37ClN4O3S. The summed E-state index contributed by atoms with van der Waals surface area (Å²) in [5.41, 5.74) is 5.46. The van der Waals surface area contributed by atoms with Gasteiger partial charge in [0.05, 0.1) is 23.8 Å². The first-order chi connectivity index (χ1) is 18.2. The Morgan fingerprint density at radius 1 is 1.13 bits per heavy atom. The lowest BCUT2D eigenvalue weighted by Crippen LogP contribution is -2.37. The SMILES string of the molecule is CN=CN(N)c1ccc(Cl)cc1CC(Cc1ccccc1)C(O)CNS(=O)c1c(C)cc(OC)c(C)c1C. The monoisotopic (exact) mass is 556 g/mol. The van der Waals surface area contributed by atoms with Crippen molar-refractivity contribution in [3.8, 4) is 5.75 Å². The van der Waals surface area contributed by atoms with Gasteiger partial charge in [0.2, 0.25) is 0 Å². The average molecular weight is 557 g/mol. The maximum absolute atomic E-state index is 13.3. The van der Waals surface area contributed by atoms with Gasteiger partial charge >= 0.3 is 0 Å². The molecule has 3 unspecified atom stereocenters. The smallest absolute Gasteiger partial charge is 0.125 e. The van der Waals surface area contributed by atoms with Crippen LogP contribution in [0.15, 0.2) is 64.5 Å². The highest BCUT2D eigenvalue weighted by molar-refractivity contribution is 7.83. The highest BCUT2D eigenvalue weighted by Crippen LogP contribution is 2.30. The van der Waals surface area contributed by atoms with Crippen molar-refractivity contribution in [2.75, 3.05) is 25.7 Å². The van der Waals surface area contributed by atoms with E-state index in [-0.39, 0.29) is 12.5 Å². The van der Waals surface area contributed by atoms with Gasteiger partial charge in [-0.1, -0.05) is 41.9 Å². The Morgan fingerprint density at radius 3 is 2.50 bits per heavy atom. The number of methoxy groups -OCH3 is 1. The summed E-state index contributed by atoms with van der Waals surface area (Å²) in [7, 11) is 1.77. The molecule has 38 heavy (non-hydrogen) atoms. The molecule has 0 aliphatic heterocycles. The summed E-state index contributed by atoms with van der Waals surface area (Å²) in [6.45, 7) is 5.95. The van der Waals surface area contributed by atoms with E-state index in [2.05, 4.69) is 9.71 Å². The van der Waals surface area contributed by atoms with Gasteiger partial charge in [-0.3, -0.25) is 10.0 Å². The minimum absolute atomic E-state index is 0.146. The van der Waals surface area contributed by atoms with E-state index in [0.717, 1.165) is 39.3 Å². The van der Waals surface area contributed by atoms with Gasteiger partial charge in [-0.05, 0) is 91.6 Å². The molecule has 0 spiro atoms. The first kappa shape index (κ1) is 29.8. The molecule has 7 nitrogen and oxygen atoms in total. The zero-order chi connectivity index (χ0) is 27.8. The Balaban J connectivity index is 1.86. The molecule has 3 atom stereocenters. The third-order valence-corrected chi connectivity index (χ3v) is 8.40. The van der Waals surface area contributed by atoms with Gasteiger partial charge in [0, 0.05) is 18.6 Å². The van der Waals surface area contributed by atoms with Crippen molar-refractivity contribution in [3.05, 3.63) is 87.4 Å². The Kier molecular flexibility index (Phi) is 10.9. The third kappa shape index (κ3) is 7.42. The van der Waals surface area contributed by atoms with Crippen LogP contribution in [-0.4, -0.2) is 42.5 Å². The molecule has 0 aromatic heterocycles. The zero-order valence-electron chi connectivity index (χ0n) is 22.6. The molecule has 0 amide bonds. The first-order valence-corrected chi connectivity index (χ1v) is 14.0. The van der Waals surface area contributed by atoms with E-state index in [1.807, 2.05) is 69.3 Å². The van der Waals surface area contributed by atoms with Crippen LogP contribution in [0.1, 0.15) is 27.8 Å². The molecule has 0 fully saturated rings. The number of aryl methyl sites for hydroxylation is 1. The molecule has 3 aromatic carbocycles. The molecule has 4 N–H and O–H groups in total. The quantitative estimate of drug-likeness (QED) is 0.130. The molecule has 0 saturated carbocycles. The van der Waals surface area contributed by atoms with Crippen LogP contribution < -0.4 is 20.3 Å². The number of rotatable bonds is 12. The number of aliphatic imine (C=N–C) groups is 1. The molecule has 9 heteroatoms. The number of halogens is 1. The lowest BCUT2D eigenvalue weighted by molar-refractivity contribution is 0.111. The number of aliphatic hydroxyl groups excluding tert-OH is 1. The third-order valence-electron chi connectivity index (χ3n) is 6.73. The summed E-state index contributed by atoms with van der Waals surface area (Å²) in [4.78, 5) is 4.72. The lowest BCUT2D eigenvalue weighted by Gasteiger charge is -2.26. The normalized spacial score (nSPS) is 13.9. The van der Waals surface area contributed by atoms with Crippen LogP contribution in [0.3, 0.4) is 0 Å². The Bertz CT molecular complexity index is 1290. The molecule has 0 bridgehead atoms. The van der Waals surface area contributed by atoms with Crippen LogP contribution in [0, 0.1) is 26.7 Å². The molecule has 0 heterocycles. The van der Waals surface area contributed by atoms with Crippen molar-refractivity contribution in [3.63, 3.8) is 0 Å². The predicted molar refractivity (Wildman–Crippen MR) is 157 cm³/mol. The molecule has 3 aromatic rings. The number of aliphatic hydroxyl groups is 1. The number of benzene rings is 3. The van der Waals surface area contributed by atoms with E-state index in [9.17, 15) is 9.32 Å². The number of nitrogens with one attached hydrogen (secondary N) is 1. The lowest BCUT2D eigenvalue weighted by atomic mass is 9.87. The number of nitrogens with two attached hydrogens (primary N) is 1. The standard InChI is InChI=1S/C29H37ClN4O3S/c1-19-13-28(37-5)20(2)21(3)29(19)38(36)33-17-27(35)24(14-22-9-7-6-8-10-22)15-23-16-25(30)11-12-26(23)34(31)18-32-4/h6-13,16,18,24,27,33,35H,14-15,17,31H2,1-5H3. The fourth-order valence-electron chi connectivity index (χ4n) is 4.62. The fraction of sp³-hybridized carbons (Fsp3) is 0.345. The number of ether oxygens (including phenoxy) is 1. The molecule has 0 saturated heterocycles. The topological polar surface area (TPSA) is 100 Å². The summed E-state index contributed by atoms with van der Waals surface area (Å²) in [6, 6.07) is 17.4. The van der Waals surface area contributed by atoms with Crippen LogP contribution in [0.25, 0.3) is 0 Å². The number of hydrogen-bond acceptors (Lipinski definition) is 5. The average Bonchev–Trinajstić information content (AvgIpc) is 2.89. The summed E-state index contributed by atoms with van der Waals surface area (Å²) in [5, 5.41) is 13.4. The van der Waals surface area contributed by atoms with E-state index in [1.54, 1.807) is 20.2 Å². The molecular weight excluding hydrogens is 520 g/mol. The number of hydrazine groups is 1. The number of nitrogens with zero attached hydrogens (tertiary/aromatic N) is 2. The molecule has 0 aliphatic carbocycles. The minimum atomic E-state index is -1.51. The van der Waals surface area contributed by atoms with Crippen molar-refractivity contribution in [2.45, 2.75) is 44.6 Å². The minimum Gasteiger partial charge on any atom is -0.496 e. The van der Waals surface area contributed by atoms with Gasteiger partial charge in [-0.2, -0.15) is 0 Å². The molecule has 0 radical (unpaired) electrons. The van der Waals surface area contributed by atoms with Gasteiger partial charge < -0.3 is 9.84 Å². The molecule has 0 aliphatic rings. The number of hydrogen-bond donors (Lipinski definition) is 3. The van der Waals surface area contributed by atoms with Crippen LogP contribution in [-0.2, 0) is 23.8 Å². The van der Waals surface area contributed by atoms with Crippen LogP contribution >= 0.6 is 11.6 Å². The van der Waals surface area contributed by atoms with Gasteiger partial charge in [-0.15, -0.1) is 0 Å². The summed E-state index contributed by atoms with van der Waals surface area (Å²) in [5.74, 6) is 6.77. The summed E-state index contributed by atoms with van der Waals surface area (Å²) in [6.07, 6.45) is 1.86. The van der Waals surface area contributed by atoms with Crippen molar-refractivity contribution in [2.24, 2.45) is 16.8 Å². The van der Waals surface area contributed by atoms with E-state index in [0.29, 0.717) is 22.8 Å². The first-order valence-electron chi connectivity index (χ1n) is 12.4. The second-order valence-electron chi connectivity index (χ2n) is 9.37. The summed E-state index contributed by atoms with van der Waals surface area (Å²) < 4.78 is 21.8. The highest BCUT2D eigenvalue weighted by atomic mass is 35.5. The van der Waals surface area contributed by atoms with E-state index in [1.165, 1.54) is 11.3 Å². The molecule has 3 rings (SSSR count). The second-order valence-corrected chi connectivity index (χ2v) is 11.0. The van der Waals surface area contributed by atoms with E-state index >= 15 is 0 Å². The van der Waals surface area contributed by atoms with Crippen molar-refractivity contribution >= 4 is 34.6 Å². The Hall–Kier alpha value is -2.75. The van der Waals surface area contributed by atoms with E-state index < -0.39 is 17.1 Å². The Labute approximate surface area is 233 Å². The predicted octanol–water partition coefficient (Wildman–Crippen LogP) is 4.69. The van der Waals surface area contributed by atoms with E-state index in [4.69, 9.17) is 22.2 Å². The fourth-order valence-corrected chi connectivity index (χ4v) is 6.06. The highest BCUT2D eigenvalue weighted by Gasteiger charge is 2.24. The van der Waals surface area contributed by atoms with Gasteiger partial charge in [0.1, 0.15) is 23.1 Å². The summed E-state index contributed by atoms with van der Waals surface area (Å²) >= 11 is 6.34. The van der Waals surface area contributed by atoms with Crippen LogP contribution in [0.5, 0.6) is 5.75 Å².